The summed E-state index contributed by atoms with van der Waals surface area (Å²) in [4.78, 5) is 4.42. The number of aromatic nitrogens is 1. The lowest BCUT2D eigenvalue weighted by atomic mass is 10.2. The minimum Gasteiger partial charge on any atom is -0.279 e. The van der Waals surface area contributed by atoms with E-state index in [2.05, 4.69) is 25.6 Å². The van der Waals surface area contributed by atoms with E-state index in [0.717, 1.165) is 10.9 Å². The molecular weight excluding hydrogens is 352 g/mol. The van der Waals surface area contributed by atoms with Crippen LogP contribution in [0.15, 0.2) is 70.2 Å². The Kier molecular flexibility index (Phi) is 3.65. The van der Waals surface area contributed by atoms with E-state index < -0.39 is 10.0 Å². The van der Waals surface area contributed by atoms with Crippen molar-refractivity contribution in [1.82, 2.24) is 4.98 Å². The van der Waals surface area contributed by atoms with Crippen LogP contribution in [-0.2, 0) is 10.0 Å². The molecule has 0 bridgehead atoms. The Balaban J connectivity index is 2.08. The Morgan fingerprint density at radius 1 is 0.952 bits per heavy atom. The fourth-order valence-electron chi connectivity index (χ4n) is 2.05. The number of hydrogen-bond donors (Lipinski definition) is 1. The number of rotatable bonds is 3. The van der Waals surface area contributed by atoms with E-state index in [-0.39, 0.29) is 4.90 Å². The van der Waals surface area contributed by atoms with Crippen LogP contribution in [0, 0.1) is 0 Å². The number of hydrogen-bond acceptors (Lipinski definition) is 3. The standard InChI is InChI=1S/C15H11BrN2O2S/c16-12-6-1-2-9-15(12)21(19,20)18-14-8-3-7-13-11(14)5-4-10-17-13/h1-10,18H. The van der Waals surface area contributed by atoms with Gasteiger partial charge in [-0.1, -0.05) is 18.2 Å². The lowest BCUT2D eigenvalue weighted by Gasteiger charge is -2.11. The molecule has 4 nitrogen and oxygen atoms in total. The smallest absolute Gasteiger partial charge is 0.263 e. The van der Waals surface area contributed by atoms with Gasteiger partial charge in [0.1, 0.15) is 4.90 Å². The third-order valence-corrected chi connectivity index (χ3v) is 5.39. The summed E-state index contributed by atoms with van der Waals surface area (Å²) in [7, 11) is -3.66. The molecule has 0 atom stereocenters. The van der Waals surface area contributed by atoms with Crippen molar-refractivity contribution in [2.75, 3.05) is 4.72 Å². The molecule has 0 amide bonds. The highest BCUT2D eigenvalue weighted by Crippen LogP contribution is 2.27. The lowest BCUT2D eigenvalue weighted by molar-refractivity contribution is 0.601. The van der Waals surface area contributed by atoms with Crippen LogP contribution in [0.1, 0.15) is 0 Å². The SMILES string of the molecule is O=S(=O)(Nc1cccc2ncccc12)c1ccccc1Br. The first-order chi connectivity index (χ1) is 10.1. The van der Waals surface area contributed by atoms with Crippen LogP contribution >= 0.6 is 15.9 Å². The minimum absolute atomic E-state index is 0.200. The van der Waals surface area contributed by atoms with Gasteiger partial charge in [-0.05, 0) is 52.3 Å². The maximum Gasteiger partial charge on any atom is 0.263 e. The summed E-state index contributed by atoms with van der Waals surface area (Å²) in [6.07, 6.45) is 1.67. The molecule has 0 unspecified atom stereocenters. The van der Waals surface area contributed by atoms with Crippen molar-refractivity contribution in [2.45, 2.75) is 4.90 Å². The fourth-order valence-corrected chi connectivity index (χ4v) is 4.14. The average Bonchev–Trinajstić information content (AvgIpc) is 2.47. The van der Waals surface area contributed by atoms with Gasteiger partial charge in [0.2, 0.25) is 0 Å². The van der Waals surface area contributed by atoms with Crippen molar-refractivity contribution in [3.05, 3.63) is 65.3 Å². The van der Waals surface area contributed by atoms with Gasteiger partial charge >= 0.3 is 0 Å². The summed E-state index contributed by atoms with van der Waals surface area (Å²) < 4.78 is 28.2. The van der Waals surface area contributed by atoms with Crippen molar-refractivity contribution >= 4 is 42.5 Å². The van der Waals surface area contributed by atoms with Gasteiger partial charge in [0, 0.05) is 16.1 Å². The van der Waals surface area contributed by atoms with Gasteiger partial charge in [-0.25, -0.2) is 8.42 Å². The second-order valence-electron chi connectivity index (χ2n) is 4.41. The molecule has 1 heterocycles. The predicted molar refractivity (Wildman–Crippen MR) is 86.7 cm³/mol. The van der Waals surface area contributed by atoms with Crippen LogP contribution < -0.4 is 4.72 Å². The number of sulfonamides is 1. The normalized spacial score (nSPS) is 11.5. The molecule has 0 aliphatic heterocycles. The first-order valence-corrected chi connectivity index (χ1v) is 8.47. The summed E-state index contributed by atoms with van der Waals surface area (Å²) in [6.45, 7) is 0. The molecule has 21 heavy (non-hydrogen) atoms. The van der Waals surface area contributed by atoms with E-state index in [9.17, 15) is 8.42 Å². The van der Waals surface area contributed by atoms with E-state index >= 15 is 0 Å². The number of fused-ring (bicyclic) bond motifs is 1. The van der Waals surface area contributed by atoms with Gasteiger partial charge in [0.25, 0.3) is 10.0 Å². The molecule has 106 valence electrons. The zero-order valence-corrected chi connectivity index (χ0v) is 13.2. The lowest BCUT2D eigenvalue weighted by Crippen LogP contribution is -2.13. The molecule has 0 saturated heterocycles. The summed E-state index contributed by atoms with van der Waals surface area (Å²) in [5.74, 6) is 0. The first kappa shape index (κ1) is 14.0. The van der Waals surface area contributed by atoms with Crippen LogP contribution in [0.25, 0.3) is 10.9 Å². The molecular formula is C15H11BrN2O2S. The van der Waals surface area contributed by atoms with Crippen LogP contribution in [0.4, 0.5) is 5.69 Å². The molecule has 0 aliphatic rings. The van der Waals surface area contributed by atoms with Crippen molar-refractivity contribution in [3.8, 4) is 0 Å². The van der Waals surface area contributed by atoms with Crippen molar-refractivity contribution in [3.63, 3.8) is 0 Å². The molecule has 1 N–H and O–H groups in total. The molecule has 0 spiro atoms. The highest BCUT2D eigenvalue weighted by atomic mass is 79.9. The van der Waals surface area contributed by atoms with Gasteiger partial charge < -0.3 is 0 Å². The largest absolute Gasteiger partial charge is 0.279 e. The number of benzene rings is 2. The maximum absolute atomic E-state index is 12.5. The number of halogens is 1. The molecule has 0 aliphatic carbocycles. The molecule has 0 fully saturated rings. The van der Waals surface area contributed by atoms with Gasteiger partial charge in [0.05, 0.1) is 11.2 Å². The first-order valence-electron chi connectivity index (χ1n) is 6.19. The molecule has 2 aromatic carbocycles. The Morgan fingerprint density at radius 3 is 2.57 bits per heavy atom. The maximum atomic E-state index is 12.5. The fraction of sp³-hybridized carbons (Fsp3) is 0. The van der Waals surface area contributed by atoms with Crippen LogP contribution in [-0.4, -0.2) is 13.4 Å². The molecule has 0 saturated carbocycles. The van der Waals surface area contributed by atoms with Crippen LogP contribution in [0.5, 0.6) is 0 Å². The Morgan fingerprint density at radius 2 is 1.76 bits per heavy atom. The van der Waals surface area contributed by atoms with Gasteiger partial charge in [0.15, 0.2) is 0 Å². The minimum atomic E-state index is -3.66. The Bertz CT molecular complexity index is 905. The summed E-state index contributed by atoms with van der Waals surface area (Å²) in [5.41, 5.74) is 1.25. The second-order valence-corrected chi connectivity index (χ2v) is 6.92. The van der Waals surface area contributed by atoms with E-state index in [1.807, 2.05) is 12.1 Å². The number of nitrogens with zero attached hydrogens (tertiary/aromatic N) is 1. The highest BCUT2D eigenvalue weighted by molar-refractivity contribution is 9.10. The number of anilines is 1. The summed E-state index contributed by atoms with van der Waals surface area (Å²) in [5, 5.41) is 0.760. The average molecular weight is 363 g/mol. The van der Waals surface area contributed by atoms with E-state index in [4.69, 9.17) is 0 Å². The summed E-state index contributed by atoms with van der Waals surface area (Å²) >= 11 is 3.26. The topological polar surface area (TPSA) is 59.1 Å². The van der Waals surface area contributed by atoms with Crippen molar-refractivity contribution in [2.24, 2.45) is 0 Å². The Labute approximate surface area is 131 Å². The number of pyridine rings is 1. The Hall–Kier alpha value is -1.92. The zero-order valence-electron chi connectivity index (χ0n) is 10.8. The third-order valence-electron chi connectivity index (χ3n) is 3.02. The molecule has 1 aromatic heterocycles. The predicted octanol–water partition coefficient (Wildman–Crippen LogP) is 3.80. The monoisotopic (exact) mass is 362 g/mol. The van der Waals surface area contributed by atoms with Crippen LogP contribution in [0.2, 0.25) is 0 Å². The van der Waals surface area contributed by atoms with Gasteiger partial charge in [-0.15, -0.1) is 0 Å². The van der Waals surface area contributed by atoms with Crippen molar-refractivity contribution in [1.29, 1.82) is 0 Å². The molecule has 6 heteroatoms. The van der Waals surface area contributed by atoms with Crippen LogP contribution in [0.3, 0.4) is 0 Å². The van der Waals surface area contributed by atoms with E-state index in [1.165, 1.54) is 0 Å². The number of nitrogens with one attached hydrogen (secondary N) is 1. The molecule has 0 radical (unpaired) electrons. The quantitative estimate of drug-likeness (QED) is 0.770. The third kappa shape index (κ3) is 2.77. The molecule has 3 rings (SSSR count). The van der Waals surface area contributed by atoms with Crippen molar-refractivity contribution < 1.29 is 8.42 Å². The summed E-state index contributed by atoms with van der Waals surface area (Å²) in [6, 6.07) is 15.6. The second kappa shape index (κ2) is 5.46. The van der Waals surface area contributed by atoms with Gasteiger partial charge in [-0.3, -0.25) is 9.71 Å². The molecule has 3 aromatic rings. The van der Waals surface area contributed by atoms with Gasteiger partial charge in [-0.2, -0.15) is 0 Å². The van der Waals surface area contributed by atoms with E-state index in [0.29, 0.717) is 10.2 Å². The highest BCUT2D eigenvalue weighted by Gasteiger charge is 2.18. The van der Waals surface area contributed by atoms with E-state index in [1.54, 1.807) is 48.7 Å². The zero-order chi connectivity index (χ0) is 14.9.